The van der Waals surface area contributed by atoms with Gasteiger partial charge in [-0.05, 0) is 33.1 Å². The number of aromatic nitrogens is 5. The van der Waals surface area contributed by atoms with Gasteiger partial charge in [-0.3, -0.25) is 9.89 Å². The number of ether oxygens (including phenoxy) is 1. The minimum atomic E-state index is -0.605. The van der Waals surface area contributed by atoms with Crippen molar-refractivity contribution in [3.63, 3.8) is 0 Å². The summed E-state index contributed by atoms with van der Waals surface area (Å²) < 4.78 is 7.02. The maximum absolute atomic E-state index is 11.8. The van der Waals surface area contributed by atoms with Crippen molar-refractivity contribution in [2.24, 2.45) is 5.73 Å². The van der Waals surface area contributed by atoms with Gasteiger partial charge < -0.3 is 21.1 Å². The van der Waals surface area contributed by atoms with Gasteiger partial charge in [0.15, 0.2) is 17.3 Å². The molecule has 3 heterocycles. The number of nitrogens with two attached hydrogens (primary N) is 1. The highest BCUT2D eigenvalue weighted by Gasteiger charge is 2.30. The summed E-state index contributed by atoms with van der Waals surface area (Å²) in [6.07, 6.45) is 5.18. The zero-order chi connectivity index (χ0) is 21.3. The number of nitrogens with zero attached hydrogens (tertiary/aromatic N) is 4. The number of anilines is 2. The number of hydrogen-bond donors (Lipinski definition) is 4. The van der Waals surface area contributed by atoms with E-state index in [4.69, 9.17) is 10.5 Å². The molecule has 30 heavy (non-hydrogen) atoms. The van der Waals surface area contributed by atoms with Crippen LogP contribution in [-0.4, -0.2) is 48.9 Å². The number of H-pyrrole nitrogens is 1. The van der Waals surface area contributed by atoms with E-state index in [9.17, 15) is 9.59 Å². The van der Waals surface area contributed by atoms with Crippen LogP contribution in [0.1, 0.15) is 55.2 Å². The van der Waals surface area contributed by atoms with Gasteiger partial charge in [-0.2, -0.15) is 10.2 Å². The molecule has 0 bridgehead atoms. The highest BCUT2D eigenvalue weighted by atomic mass is 16.6. The Labute approximate surface area is 172 Å². The molecule has 1 aliphatic rings. The van der Waals surface area contributed by atoms with Gasteiger partial charge in [0.25, 0.3) is 5.91 Å². The molecule has 0 saturated heterocycles. The molecule has 11 nitrogen and oxygen atoms in total. The van der Waals surface area contributed by atoms with E-state index in [2.05, 4.69) is 30.9 Å². The standard InChI is InChI=1S/C19H24N8O3/c1-10(2)22-19(29)30-12-4-3-11(7-12)13-9-16(25-24-13)23-18-15-8-14(17(20)28)26-27(15)6-5-21-18/h5-6,8-12H,3-4,7H2,1-2H3,(H2,20,28)(H,22,29)(H2,21,23,24,25)/t11-,12+/m0/s1. The van der Waals surface area contributed by atoms with Crippen LogP contribution in [0.2, 0.25) is 0 Å². The van der Waals surface area contributed by atoms with Gasteiger partial charge in [0.05, 0.1) is 0 Å². The number of carbonyl (C=O) groups excluding carboxylic acids is 2. The van der Waals surface area contributed by atoms with Gasteiger partial charge >= 0.3 is 6.09 Å². The number of rotatable bonds is 6. The Morgan fingerprint density at radius 3 is 2.93 bits per heavy atom. The topological polar surface area (TPSA) is 152 Å². The first-order valence-electron chi connectivity index (χ1n) is 9.82. The van der Waals surface area contributed by atoms with Crippen molar-refractivity contribution in [3.05, 3.63) is 35.9 Å². The third-order valence-corrected chi connectivity index (χ3v) is 4.99. The number of nitrogens with one attached hydrogen (secondary N) is 3. The Kier molecular flexibility index (Phi) is 5.25. The molecule has 1 fully saturated rings. The van der Waals surface area contributed by atoms with Crippen molar-refractivity contribution >= 4 is 29.2 Å². The summed E-state index contributed by atoms with van der Waals surface area (Å²) in [5, 5.41) is 17.4. The maximum atomic E-state index is 11.8. The van der Waals surface area contributed by atoms with E-state index in [1.807, 2.05) is 19.9 Å². The zero-order valence-corrected chi connectivity index (χ0v) is 16.8. The molecular formula is C19H24N8O3. The molecule has 0 aliphatic heterocycles. The lowest BCUT2D eigenvalue weighted by atomic mass is 10.0. The molecule has 3 aromatic rings. The molecule has 0 radical (unpaired) electrons. The second-order valence-corrected chi connectivity index (χ2v) is 7.67. The van der Waals surface area contributed by atoms with E-state index in [1.165, 1.54) is 4.52 Å². The van der Waals surface area contributed by atoms with Gasteiger partial charge in [-0.25, -0.2) is 14.3 Å². The molecule has 1 saturated carbocycles. The lowest BCUT2D eigenvalue weighted by Crippen LogP contribution is -2.33. The minimum Gasteiger partial charge on any atom is -0.446 e. The predicted molar refractivity (Wildman–Crippen MR) is 109 cm³/mol. The molecule has 3 aromatic heterocycles. The second-order valence-electron chi connectivity index (χ2n) is 7.67. The van der Waals surface area contributed by atoms with Gasteiger partial charge in [0.1, 0.15) is 11.6 Å². The zero-order valence-electron chi connectivity index (χ0n) is 16.8. The van der Waals surface area contributed by atoms with E-state index >= 15 is 0 Å². The van der Waals surface area contributed by atoms with Gasteiger partial charge in [-0.1, -0.05) is 0 Å². The lowest BCUT2D eigenvalue weighted by molar-refractivity contribution is 0.0977. The Bertz CT molecular complexity index is 1070. The molecule has 2 amide bonds. The summed E-state index contributed by atoms with van der Waals surface area (Å²) in [4.78, 5) is 27.5. The number of fused-ring (bicyclic) bond motifs is 1. The highest BCUT2D eigenvalue weighted by Crippen LogP contribution is 2.36. The Hall–Kier alpha value is -3.63. The van der Waals surface area contributed by atoms with Crippen LogP contribution in [0.25, 0.3) is 5.52 Å². The number of alkyl carbamates (subject to hydrolysis) is 1. The molecule has 5 N–H and O–H groups in total. The number of aromatic amines is 1. The smallest absolute Gasteiger partial charge is 0.407 e. The van der Waals surface area contributed by atoms with Crippen LogP contribution >= 0.6 is 0 Å². The van der Waals surface area contributed by atoms with Crippen molar-refractivity contribution in [1.82, 2.24) is 30.1 Å². The first-order valence-corrected chi connectivity index (χ1v) is 9.82. The van der Waals surface area contributed by atoms with E-state index in [1.54, 1.807) is 18.5 Å². The first kappa shape index (κ1) is 19.7. The summed E-state index contributed by atoms with van der Waals surface area (Å²) in [5.41, 5.74) is 7.05. The van der Waals surface area contributed by atoms with Crippen LogP contribution in [0.4, 0.5) is 16.4 Å². The van der Waals surface area contributed by atoms with Crippen LogP contribution in [0.5, 0.6) is 0 Å². The molecular weight excluding hydrogens is 388 g/mol. The van der Waals surface area contributed by atoms with E-state index < -0.39 is 5.91 Å². The summed E-state index contributed by atoms with van der Waals surface area (Å²) >= 11 is 0. The fourth-order valence-electron chi connectivity index (χ4n) is 3.62. The van der Waals surface area contributed by atoms with Crippen molar-refractivity contribution in [2.75, 3.05) is 5.32 Å². The maximum Gasteiger partial charge on any atom is 0.407 e. The Balaban J connectivity index is 1.42. The number of carbonyl (C=O) groups is 2. The van der Waals surface area contributed by atoms with E-state index in [-0.39, 0.29) is 29.9 Å². The fraction of sp³-hybridized carbons (Fsp3) is 0.421. The third kappa shape index (κ3) is 4.19. The van der Waals surface area contributed by atoms with Gasteiger partial charge in [0.2, 0.25) is 0 Å². The quantitative estimate of drug-likeness (QED) is 0.483. The molecule has 11 heteroatoms. The molecule has 4 rings (SSSR count). The molecule has 1 aliphatic carbocycles. The van der Waals surface area contributed by atoms with Crippen LogP contribution < -0.4 is 16.4 Å². The van der Waals surface area contributed by atoms with Gasteiger partial charge in [-0.15, -0.1) is 0 Å². The van der Waals surface area contributed by atoms with Crippen LogP contribution in [0.3, 0.4) is 0 Å². The first-order chi connectivity index (χ1) is 14.4. The van der Waals surface area contributed by atoms with Crippen molar-refractivity contribution in [3.8, 4) is 0 Å². The summed E-state index contributed by atoms with van der Waals surface area (Å²) in [5.74, 6) is 0.722. The molecule has 2 atom stereocenters. The molecule has 0 spiro atoms. The van der Waals surface area contributed by atoms with Crippen molar-refractivity contribution in [2.45, 2.75) is 51.2 Å². The van der Waals surface area contributed by atoms with E-state index in [0.717, 1.165) is 25.0 Å². The van der Waals surface area contributed by atoms with Crippen LogP contribution in [0, 0.1) is 0 Å². The summed E-state index contributed by atoms with van der Waals surface area (Å²) in [7, 11) is 0. The highest BCUT2D eigenvalue weighted by molar-refractivity contribution is 5.93. The SMILES string of the molecule is CC(C)NC(=O)O[C@@H]1CC[C@H](c2cc(Nc3nccn4nc(C(N)=O)cc34)n[nH]2)C1. The van der Waals surface area contributed by atoms with Crippen molar-refractivity contribution < 1.29 is 14.3 Å². The van der Waals surface area contributed by atoms with Crippen molar-refractivity contribution in [1.29, 1.82) is 0 Å². The Morgan fingerprint density at radius 1 is 1.33 bits per heavy atom. The summed E-state index contributed by atoms with van der Waals surface area (Å²) in [6, 6.07) is 3.54. The predicted octanol–water partition coefficient (Wildman–Crippen LogP) is 2.07. The van der Waals surface area contributed by atoms with Crippen LogP contribution in [-0.2, 0) is 4.74 Å². The van der Waals surface area contributed by atoms with Crippen LogP contribution in [0.15, 0.2) is 24.5 Å². The third-order valence-electron chi connectivity index (χ3n) is 4.99. The van der Waals surface area contributed by atoms with Gasteiger partial charge in [0, 0.05) is 42.2 Å². The molecule has 158 valence electrons. The average molecular weight is 412 g/mol. The Morgan fingerprint density at radius 2 is 2.17 bits per heavy atom. The second kappa shape index (κ2) is 8.01. The fourth-order valence-corrected chi connectivity index (χ4v) is 3.62. The number of primary amides is 1. The lowest BCUT2D eigenvalue weighted by Gasteiger charge is -2.14. The van der Waals surface area contributed by atoms with E-state index in [0.29, 0.717) is 17.2 Å². The monoisotopic (exact) mass is 412 g/mol. The largest absolute Gasteiger partial charge is 0.446 e. The number of amides is 2. The number of hydrogen-bond acceptors (Lipinski definition) is 7. The average Bonchev–Trinajstić information content (AvgIpc) is 3.39. The summed E-state index contributed by atoms with van der Waals surface area (Å²) in [6.45, 7) is 3.79. The normalized spacial score (nSPS) is 18.6. The molecule has 0 aromatic carbocycles. The minimum absolute atomic E-state index is 0.0452. The molecule has 0 unspecified atom stereocenters.